The number of nitrogens with zero attached hydrogens (tertiary/aromatic N) is 2. The van der Waals surface area contributed by atoms with E-state index in [9.17, 15) is 19.5 Å². The number of nitrogens with two attached hydrogens (primary N) is 2. The van der Waals surface area contributed by atoms with Crippen LogP contribution in [0.15, 0.2) is 11.3 Å². The monoisotopic (exact) mass is 403 g/mol. The molecule has 0 aromatic carbocycles. The van der Waals surface area contributed by atoms with Crippen molar-refractivity contribution < 1.29 is 24.0 Å². The van der Waals surface area contributed by atoms with E-state index in [0.717, 1.165) is 49.0 Å². The van der Waals surface area contributed by atoms with E-state index in [4.69, 9.17) is 11.5 Å². The second-order valence-corrected chi connectivity index (χ2v) is 8.86. The third-order valence-electron chi connectivity index (χ3n) is 6.53. The summed E-state index contributed by atoms with van der Waals surface area (Å²) in [6, 6.07) is -0.603. The molecule has 0 spiro atoms. The number of amides is 2. The van der Waals surface area contributed by atoms with Gasteiger partial charge >= 0.3 is 5.97 Å². The van der Waals surface area contributed by atoms with Crippen LogP contribution in [0, 0.1) is 5.41 Å². The van der Waals surface area contributed by atoms with Crippen molar-refractivity contribution >= 4 is 42.0 Å². The van der Waals surface area contributed by atoms with E-state index in [1.807, 2.05) is 0 Å². The summed E-state index contributed by atoms with van der Waals surface area (Å²) in [5.74, 6) is -0.979. The Morgan fingerprint density at radius 3 is 2.35 bits per heavy atom. The molecule has 5 rings (SSSR count). The van der Waals surface area contributed by atoms with Crippen molar-refractivity contribution in [2.24, 2.45) is 16.9 Å². The maximum atomic E-state index is 12.1. The van der Waals surface area contributed by atoms with Crippen molar-refractivity contribution in [3.63, 3.8) is 0 Å². The molecule has 0 aromatic heterocycles. The number of carbonyl (C=O) groups is 3. The second kappa shape index (κ2) is 6.40. The quantitative estimate of drug-likeness (QED) is 0.428. The predicted molar refractivity (Wildman–Crippen MR) is 98.2 cm³/mol. The normalized spacial score (nSPS) is 38.3. The third-order valence-corrected chi connectivity index (χ3v) is 7.89. The number of piperidine rings is 3. The zero-order valence-electron chi connectivity index (χ0n) is 14.3. The summed E-state index contributed by atoms with van der Waals surface area (Å²) in [5.41, 5.74) is 12.0. The van der Waals surface area contributed by atoms with Crippen LogP contribution in [-0.4, -0.2) is 75.6 Å². The smallest absolute Gasteiger partial charge is 0.352 e. The second-order valence-electron chi connectivity index (χ2n) is 7.76. The first kappa shape index (κ1) is 19.5. The number of carboxylic acids is 1. The van der Waals surface area contributed by atoms with E-state index >= 15 is 0 Å². The lowest BCUT2D eigenvalue weighted by molar-refractivity contribution is -0.940. The number of β-lactam (4-membered cyclic amide) rings is 1. The summed E-state index contributed by atoms with van der Waals surface area (Å²) in [6.45, 7) is 3.12. The van der Waals surface area contributed by atoms with Crippen molar-refractivity contribution in [3.05, 3.63) is 11.3 Å². The third kappa shape index (κ3) is 2.64. The molecule has 0 aromatic rings. The molecule has 0 radical (unpaired) electrons. The average Bonchev–Trinajstić information content (AvgIpc) is 2.61. The molecule has 2 bridgehead atoms. The molecule has 144 valence electrons. The number of thioether (sulfide) groups is 1. The van der Waals surface area contributed by atoms with Gasteiger partial charge in [0.2, 0.25) is 11.8 Å². The van der Waals surface area contributed by atoms with Crippen LogP contribution in [0.5, 0.6) is 0 Å². The summed E-state index contributed by atoms with van der Waals surface area (Å²) >= 11 is 1.54. The molecule has 0 aliphatic carbocycles. The minimum atomic E-state index is -1.06. The fourth-order valence-electron chi connectivity index (χ4n) is 4.78. The van der Waals surface area contributed by atoms with Crippen molar-refractivity contribution in [1.82, 2.24) is 4.90 Å². The minimum Gasteiger partial charge on any atom is -0.477 e. The first-order chi connectivity index (χ1) is 11.8. The Balaban J connectivity index is 0.00000196. The fraction of sp³-hybridized carbons (Fsp3) is 0.688. The molecule has 2 atom stereocenters. The molecular formula is C16H24ClN4O4S+. The molecule has 4 fully saturated rings. The van der Waals surface area contributed by atoms with Gasteiger partial charge in [-0.15, -0.1) is 24.2 Å². The molecule has 0 unspecified atom stereocenters. The number of halogens is 1. The van der Waals surface area contributed by atoms with E-state index in [0.29, 0.717) is 12.3 Å². The summed E-state index contributed by atoms with van der Waals surface area (Å²) in [5, 5.41) is 9.42. The maximum Gasteiger partial charge on any atom is 0.352 e. The van der Waals surface area contributed by atoms with Crippen LogP contribution in [0.25, 0.3) is 0 Å². The van der Waals surface area contributed by atoms with Crippen molar-refractivity contribution in [3.8, 4) is 0 Å². The number of primary amides is 1. The molecule has 5 N–H and O–H groups in total. The zero-order chi connectivity index (χ0) is 18.0. The number of hydrogen-bond donors (Lipinski definition) is 3. The largest absolute Gasteiger partial charge is 0.477 e. The number of carbonyl (C=O) groups excluding carboxylic acids is 2. The number of aliphatic carboxylic acids is 1. The number of fused-ring (bicyclic) bond motifs is 4. The van der Waals surface area contributed by atoms with Crippen LogP contribution >= 0.6 is 24.2 Å². The van der Waals surface area contributed by atoms with Crippen molar-refractivity contribution in [2.45, 2.75) is 30.7 Å². The molecular weight excluding hydrogens is 380 g/mol. The van der Waals surface area contributed by atoms with Gasteiger partial charge in [-0.3, -0.25) is 14.5 Å². The molecule has 26 heavy (non-hydrogen) atoms. The maximum absolute atomic E-state index is 12.1. The first-order valence-corrected chi connectivity index (χ1v) is 9.64. The Morgan fingerprint density at radius 2 is 1.85 bits per heavy atom. The van der Waals surface area contributed by atoms with Gasteiger partial charge in [0.25, 0.3) is 0 Å². The lowest BCUT2D eigenvalue weighted by atomic mass is 9.70. The van der Waals surface area contributed by atoms with Gasteiger partial charge in [-0.05, 0) is 0 Å². The standard InChI is InChI=1S/C16H22N4O4S.ClH/c17-10-12(21)19-11(14(22)23)9(8-25-13(10)19)7-20-4-1-16(2-5-20,3-6-20)15(18)24;/h10,13H,1-8,17H2,(H2-,18,22,23,24);1H/p+1/t10-,13+,16?,20?;/m1./s1. The predicted octanol–water partition coefficient (Wildman–Crippen LogP) is -0.525. The number of quaternary nitrogens is 1. The van der Waals surface area contributed by atoms with Crippen LogP contribution in [0.1, 0.15) is 19.3 Å². The molecule has 4 saturated heterocycles. The van der Waals surface area contributed by atoms with Crippen molar-refractivity contribution in [2.75, 3.05) is 31.9 Å². The first-order valence-electron chi connectivity index (χ1n) is 8.59. The number of hydrogen-bond acceptors (Lipinski definition) is 5. The van der Waals surface area contributed by atoms with Gasteiger partial charge < -0.3 is 21.1 Å². The van der Waals surface area contributed by atoms with E-state index in [2.05, 4.69) is 0 Å². The molecule has 0 saturated carbocycles. The highest BCUT2D eigenvalue weighted by atomic mass is 35.5. The fourth-order valence-corrected chi connectivity index (χ4v) is 6.06. The van der Waals surface area contributed by atoms with E-state index in [1.54, 1.807) is 11.8 Å². The van der Waals surface area contributed by atoms with Gasteiger partial charge in [-0.1, -0.05) is 0 Å². The molecule has 5 heterocycles. The Kier molecular flexibility index (Phi) is 4.79. The number of carboxylic acid groups (broad SMARTS) is 1. The van der Waals surface area contributed by atoms with E-state index in [-0.39, 0.29) is 40.7 Å². The molecule has 10 heteroatoms. The van der Waals surface area contributed by atoms with Crippen LogP contribution in [-0.2, 0) is 14.4 Å². The van der Waals surface area contributed by atoms with Gasteiger partial charge in [-0.2, -0.15) is 0 Å². The zero-order valence-corrected chi connectivity index (χ0v) is 16.0. The summed E-state index contributed by atoms with van der Waals surface area (Å²) < 4.78 is 0.792. The lowest BCUT2D eigenvalue weighted by Gasteiger charge is -2.55. The Hall–Kier alpha value is -1.29. The highest BCUT2D eigenvalue weighted by Gasteiger charge is 2.55. The van der Waals surface area contributed by atoms with Crippen LogP contribution in [0.4, 0.5) is 0 Å². The highest BCUT2D eigenvalue weighted by Crippen LogP contribution is 2.46. The van der Waals surface area contributed by atoms with Crippen LogP contribution in [0.2, 0.25) is 0 Å². The summed E-state index contributed by atoms with van der Waals surface area (Å²) in [6.07, 6.45) is 2.30. The van der Waals surface area contributed by atoms with E-state index in [1.165, 1.54) is 4.90 Å². The van der Waals surface area contributed by atoms with Crippen LogP contribution in [0.3, 0.4) is 0 Å². The SMILES string of the molecule is Cl.NC(=O)C12CC[N+](CC3=C(C(=O)O)N4C(=O)[C@@H](N)[C@@H]4SC3)(CC1)CC2. The van der Waals surface area contributed by atoms with Gasteiger partial charge in [0.1, 0.15) is 23.7 Å². The van der Waals surface area contributed by atoms with Gasteiger partial charge in [0, 0.05) is 30.6 Å². The average molecular weight is 404 g/mol. The van der Waals surface area contributed by atoms with Crippen LogP contribution < -0.4 is 11.5 Å². The Morgan fingerprint density at radius 1 is 1.27 bits per heavy atom. The van der Waals surface area contributed by atoms with Crippen molar-refractivity contribution in [1.29, 1.82) is 0 Å². The molecule has 5 aliphatic heterocycles. The van der Waals surface area contributed by atoms with Gasteiger partial charge in [-0.25, -0.2) is 4.79 Å². The van der Waals surface area contributed by atoms with E-state index < -0.39 is 12.0 Å². The highest BCUT2D eigenvalue weighted by molar-refractivity contribution is 8.00. The number of rotatable bonds is 4. The lowest BCUT2D eigenvalue weighted by Crippen LogP contribution is -2.69. The molecule has 8 nitrogen and oxygen atoms in total. The van der Waals surface area contributed by atoms with Gasteiger partial charge in [0.15, 0.2) is 0 Å². The minimum absolute atomic E-state index is 0. The Labute approximate surface area is 161 Å². The summed E-state index contributed by atoms with van der Waals surface area (Å²) in [4.78, 5) is 37.0. The molecule has 5 aliphatic rings. The molecule has 2 amide bonds. The summed E-state index contributed by atoms with van der Waals surface area (Å²) in [7, 11) is 0. The topological polar surface area (TPSA) is 127 Å². The Bertz CT molecular complexity index is 688. The van der Waals surface area contributed by atoms with Gasteiger partial charge in [0.05, 0.1) is 25.0 Å².